The molecule has 3 aliphatic heterocycles. The molecule has 3 heterocycles. The molecule has 11 aromatic carbocycles. The van der Waals surface area contributed by atoms with Gasteiger partial charge >= 0.3 is 328 Å². The van der Waals surface area contributed by atoms with Gasteiger partial charge in [0.15, 0.2) is 0 Å². The maximum absolute atomic E-state index is 2.57. The summed E-state index contributed by atoms with van der Waals surface area (Å²) in [4.78, 5) is 2.52. The van der Waals surface area contributed by atoms with Gasteiger partial charge in [-0.3, -0.25) is 0 Å². The summed E-state index contributed by atoms with van der Waals surface area (Å²) in [6, 6.07) is 84.3. The van der Waals surface area contributed by atoms with Gasteiger partial charge in [-0.05, 0) is 19.1 Å². The van der Waals surface area contributed by atoms with Crippen molar-refractivity contribution in [1.29, 1.82) is 0 Å². The fourth-order valence-electron chi connectivity index (χ4n) is 13.0. The van der Waals surface area contributed by atoms with E-state index in [1.165, 1.54) is 140 Å². The number of nitrogens with zero attached hydrogens (tertiary/aromatic N) is 1. The van der Waals surface area contributed by atoms with Gasteiger partial charge in [0.1, 0.15) is 0 Å². The Morgan fingerprint density at radius 2 is 0.721 bits per heavy atom. The Kier molecular flexibility index (Phi) is 8.38. The molecule has 314 valence electrons. The molecule has 0 saturated carbocycles. The third kappa shape index (κ3) is 5.13. The van der Waals surface area contributed by atoms with Crippen molar-refractivity contribution in [3.8, 4) is 66.8 Å². The Morgan fingerprint density at radius 3 is 1.29 bits per heavy atom. The quantitative estimate of drug-likeness (QED) is 0.125. The SMILES string of the molecule is CCN1c2ccccc2C2(c3ccccc3-c3c(-c4c5cccc(-c6ccc[c]7c6-c6cccc[c]6[Ge]7)c5cc5c(-c6ccc[c]7c6-c6cccc[c]6[Ge]7)cccc45)cccc32)c2ccccc21. The van der Waals surface area contributed by atoms with E-state index >= 15 is 0 Å². The summed E-state index contributed by atoms with van der Waals surface area (Å²) in [5.74, 6) is 0. The van der Waals surface area contributed by atoms with Crippen LogP contribution in [0.25, 0.3) is 88.3 Å². The second kappa shape index (κ2) is 14.7. The monoisotopic (exact) mass is 983 g/mol. The molecule has 0 aromatic heterocycles. The van der Waals surface area contributed by atoms with Gasteiger partial charge in [-0.25, -0.2) is 0 Å². The first-order valence-corrected chi connectivity index (χ1v) is 28.1. The molecule has 4 aliphatic rings. The predicted molar refractivity (Wildman–Crippen MR) is 289 cm³/mol. The van der Waals surface area contributed by atoms with Crippen LogP contribution in [-0.2, 0) is 5.41 Å². The molecule has 15 rings (SSSR count). The van der Waals surface area contributed by atoms with Gasteiger partial charge in [0.25, 0.3) is 0 Å². The molecule has 1 spiro atoms. The molecule has 0 fully saturated rings. The minimum Gasteiger partial charge on any atom is -0.0618 e. The number of fused-ring (bicyclic) bond motifs is 17. The Bertz CT molecular complexity index is 3790. The Labute approximate surface area is 409 Å². The van der Waals surface area contributed by atoms with E-state index in [-0.39, 0.29) is 0 Å². The van der Waals surface area contributed by atoms with Crippen LogP contribution in [0.15, 0.2) is 218 Å². The summed E-state index contributed by atoms with van der Waals surface area (Å²) >= 11 is -0.860. The molecule has 0 unspecified atom stereocenters. The minimum absolute atomic E-state index is 0.430. The second-order valence-corrected chi connectivity index (χ2v) is 24.2. The summed E-state index contributed by atoms with van der Waals surface area (Å²) in [6.45, 7) is 3.17. The number of rotatable bonds is 4. The summed E-state index contributed by atoms with van der Waals surface area (Å²) in [6.07, 6.45) is 0. The van der Waals surface area contributed by atoms with Gasteiger partial charge in [0, 0.05) is 17.9 Å². The van der Waals surface area contributed by atoms with Crippen molar-refractivity contribution < 1.29 is 0 Å². The standard InChI is InChI=1S/C65H41Ge2N/c1-2-68-59-36-11-7-29-52(59)65(53-30-8-12-37-60(53)68)51-28-6-3-18-45(51)62-48(27-15-31-54(62)65)61-43-23-13-21-39(41-25-16-34-57-63(41)46-19-4-9-32-55(46)66-57)49(43)38-50-40(22-14-24-44(50)61)42-26-17-35-58-64(42)47-20-5-10-33-56(47)67-58/h3-38H,2H2,1H3. The number of para-hydroxylation sites is 2. The van der Waals surface area contributed by atoms with Crippen LogP contribution >= 0.6 is 0 Å². The third-order valence-electron chi connectivity index (χ3n) is 15.5. The molecule has 3 heteroatoms. The van der Waals surface area contributed by atoms with Crippen LogP contribution in [-0.4, -0.2) is 37.4 Å². The van der Waals surface area contributed by atoms with Crippen LogP contribution < -0.4 is 22.5 Å². The van der Waals surface area contributed by atoms with Gasteiger partial charge in [-0.1, -0.05) is 42.5 Å². The van der Waals surface area contributed by atoms with Crippen LogP contribution in [0, 0.1) is 0 Å². The molecule has 0 saturated heterocycles. The molecular weight excluding hydrogens is 940 g/mol. The zero-order chi connectivity index (χ0) is 44.7. The Morgan fingerprint density at radius 1 is 0.309 bits per heavy atom. The van der Waals surface area contributed by atoms with E-state index in [1.54, 1.807) is 0 Å². The van der Waals surface area contributed by atoms with E-state index in [4.69, 9.17) is 0 Å². The van der Waals surface area contributed by atoms with E-state index in [0.29, 0.717) is 0 Å². The molecule has 0 amide bonds. The van der Waals surface area contributed by atoms with E-state index in [1.807, 2.05) is 0 Å². The Balaban J connectivity index is 1.08. The fourth-order valence-corrected chi connectivity index (χ4v) is 18.8. The van der Waals surface area contributed by atoms with Crippen LogP contribution in [0.2, 0.25) is 0 Å². The molecular formula is C65H41Ge2N. The van der Waals surface area contributed by atoms with Crippen molar-refractivity contribution >= 4 is 81.4 Å². The Hall–Kier alpha value is -7.17. The van der Waals surface area contributed by atoms with Crippen molar-refractivity contribution in [1.82, 2.24) is 0 Å². The fraction of sp³-hybridized carbons (Fsp3) is 0.0462. The smallest absolute Gasteiger partial charge is 0.0618 e. The van der Waals surface area contributed by atoms with Crippen LogP contribution in [0.1, 0.15) is 29.2 Å². The predicted octanol–water partition coefficient (Wildman–Crippen LogP) is 13.1. The first-order valence-electron chi connectivity index (χ1n) is 23.9. The molecule has 11 aromatic rings. The van der Waals surface area contributed by atoms with E-state index in [0.717, 1.165) is 6.54 Å². The molecule has 4 radical (unpaired) electrons. The van der Waals surface area contributed by atoms with Crippen molar-refractivity contribution in [3.05, 3.63) is 241 Å². The van der Waals surface area contributed by atoms with Crippen molar-refractivity contribution in [2.24, 2.45) is 0 Å². The topological polar surface area (TPSA) is 3.24 Å². The zero-order valence-corrected chi connectivity index (χ0v) is 41.6. The van der Waals surface area contributed by atoms with Crippen LogP contribution in [0.5, 0.6) is 0 Å². The van der Waals surface area contributed by atoms with Crippen molar-refractivity contribution in [2.75, 3.05) is 11.4 Å². The first-order chi connectivity index (χ1) is 33.7. The van der Waals surface area contributed by atoms with Crippen LogP contribution in [0.4, 0.5) is 11.4 Å². The van der Waals surface area contributed by atoms with E-state index < -0.39 is 36.3 Å². The number of hydrogen-bond donors (Lipinski definition) is 0. The van der Waals surface area contributed by atoms with Crippen molar-refractivity contribution in [3.63, 3.8) is 0 Å². The minimum atomic E-state index is -0.500. The van der Waals surface area contributed by atoms with Gasteiger partial charge < -0.3 is 4.90 Å². The molecule has 0 atom stereocenters. The summed E-state index contributed by atoms with van der Waals surface area (Å²) in [5.41, 5.74) is 23.7. The van der Waals surface area contributed by atoms with Gasteiger partial charge in [0.05, 0.1) is 0 Å². The molecule has 1 aliphatic carbocycles. The van der Waals surface area contributed by atoms with Gasteiger partial charge in [0.2, 0.25) is 0 Å². The van der Waals surface area contributed by atoms with Crippen LogP contribution in [0.3, 0.4) is 0 Å². The summed E-state index contributed by atoms with van der Waals surface area (Å²) < 4.78 is 6.13. The van der Waals surface area contributed by atoms with E-state index in [2.05, 4.69) is 230 Å². The molecule has 1 nitrogen and oxygen atoms in total. The molecule has 0 bridgehead atoms. The summed E-state index contributed by atoms with van der Waals surface area (Å²) in [5, 5.41) is 5.17. The average molecular weight is 981 g/mol. The zero-order valence-electron chi connectivity index (χ0n) is 37.4. The van der Waals surface area contributed by atoms with E-state index in [9.17, 15) is 0 Å². The van der Waals surface area contributed by atoms with Gasteiger partial charge in [-0.2, -0.15) is 0 Å². The number of anilines is 2. The molecule has 68 heavy (non-hydrogen) atoms. The van der Waals surface area contributed by atoms with Crippen molar-refractivity contribution in [2.45, 2.75) is 12.3 Å². The summed E-state index contributed by atoms with van der Waals surface area (Å²) in [7, 11) is 0. The average Bonchev–Trinajstić information content (AvgIpc) is 4.07. The van der Waals surface area contributed by atoms with Gasteiger partial charge in [-0.15, -0.1) is 0 Å². The second-order valence-electron chi connectivity index (χ2n) is 18.7. The molecule has 0 N–H and O–H groups in total. The normalized spacial score (nSPS) is 14.0. The first kappa shape index (κ1) is 38.9. The maximum atomic E-state index is 2.57. The third-order valence-corrected chi connectivity index (χ3v) is 21.4. The number of benzene rings is 11. The number of hydrogen-bond acceptors (Lipinski definition) is 1.